The minimum atomic E-state index is -0.359. The molecule has 1 amide bonds. The molecule has 140 valence electrons. The number of aromatic nitrogens is 2. The Morgan fingerprint density at radius 2 is 1.89 bits per heavy atom. The Morgan fingerprint density at radius 3 is 2.61 bits per heavy atom. The molecule has 0 saturated carbocycles. The summed E-state index contributed by atoms with van der Waals surface area (Å²) in [7, 11) is 0. The molecule has 2 N–H and O–H groups in total. The van der Waals surface area contributed by atoms with Crippen molar-refractivity contribution in [1.29, 1.82) is 5.26 Å². The smallest absolute Gasteiger partial charge is 0.274 e. The van der Waals surface area contributed by atoms with E-state index in [1.165, 1.54) is 0 Å². The van der Waals surface area contributed by atoms with Crippen molar-refractivity contribution in [2.45, 2.75) is 26.3 Å². The third-order valence-electron chi connectivity index (χ3n) is 4.25. The average Bonchev–Trinajstić information content (AvgIpc) is 2.74. The van der Waals surface area contributed by atoms with E-state index < -0.39 is 0 Å². The lowest BCUT2D eigenvalue weighted by Gasteiger charge is -2.14. The van der Waals surface area contributed by atoms with E-state index in [0.717, 1.165) is 12.0 Å². The van der Waals surface area contributed by atoms with Crippen LogP contribution in [0.3, 0.4) is 0 Å². The van der Waals surface area contributed by atoms with Crippen molar-refractivity contribution >= 4 is 17.4 Å². The summed E-state index contributed by atoms with van der Waals surface area (Å²) >= 11 is 0. The number of amides is 1. The lowest BCUT2D eigenvalue weighted by Crippen LogP contribution is -2.18. The molecule has 0 spiro atoms. The maximum absolute atomic E-state index is 12.8. The van der Waals surface area contributed by atoms with Gasteiger partial charge in [0.2, 0.25) is 0 Å². The molecule has 1 unspecified atom stereocenters. The van der Waals surface area contributed by atoms with Gasteiger partial charge >= 0.3 is 0 Å². The minimum Gasteiger partial charge on any atom is -0.367 e. The van der Waals surface area contributed by atoms with Gasteiger partial charge in [-0.25, -0.2) is 9.97 Å². The van der Waals surface area contributed by atoms with Crippen molar-refractivity contribution in [2.75, 3.05) is 10.6 Å². The van der Waals surface area contributed by atoms with Crippen molar-refractivity contribution < 1.29 is 4.79 Å². The first-order valence-electron chi connectivity index (χ1n) is 9.11. The van der Waals surface area contributed by atoms with Crippen LogP contribution in [0.2, 0.25) is 0 Å². The van der Waals surface area contributed by atoms with Gasteiger partial charge in [0, 0.05) is 23.4 Å². The highest BCUT2D eigenvalue weighted by molar-refractivity contribution is 6.03. The van der Waals surface area contributed by atoms with Gasteiger partial charge in [-0.2, -0.15) is 5.26 Å². The number of rotatable bonds is 6. The largest absolute Gasteiger partial charge is 0.367 e. The molecule has 0 aliphatic heterocycles. The highest BCUT2D eigenvalue weighted by Crippen LogP contribution is 2.20. The molecule has 3 aromatic rings. The lowest BCUT2D eigenvalue weighted by atomic mass is 10.2. The van der Waals surface area contributed by atoms with Crippen LogP contribution in [0.5, 0.6) is 0 Å². The normalized spacial score (nSPS) is 11.3. The molecule has 3 rings (SSSR count). The molecule has 1 aromatic heterocycles. The Hall–Kier alpha value is -3.72. The van der Waals surface area contributed by atoms with Crippen LogP contribution < -0.4 is 10.6 Å². The predicted molar refractivity (Wildman–Crippen MR) is 110 cm³/mol. The summed E-state index contributed by atoms with van der Waals surface area (Å²) in [5.74, 6) is 0.714. The average molecular weight is 371 g/mol. The van der Waals surface area contributed by atoms with Gasteiger partial charge in [0.05, 0.1) is 11.6 Å². The second-order valence-corrected chi connectivity index (χ2v) is 6.43. The summed E-state index contributed by atoms with van der Waals surface area (Å²) in [5.41, 5.74) is 2.10. The van der Waals surface area contributed by atoms with Crippen LogP contribution in [0.4, 0.5) is 11.5 Å². The molecule has 0 radical (unpaired) electrons. The zero-order valence-corrected chi connectivity index (χ0v) is 15.8. The molecular weight excluding hydrogens is 350 g/mol. The van der Waals surface area contributed by atoms with E-state index in [0.29, 0.717) is 22.9 Å². The first-order chi connectivity index (χ1) is 13.6. The van der Waals surface area contributed by atoms with Crippen LogP contribution in [-0.4, -0.2) is 21.9 Å². The van der Waals surface area contributed by atoms with Gasteiger partial charge in [0.15, 0.2) is 5.82 Å². The molecule has 0 aliphatic rings. The number of hydrogen-bond acceptors (Lipinski definition) is 5. The summed E-state index contributed by atoms with van der Waals surface area (Å²) in [6.45, 7) is 4.13. The molecule has 0 aliphatic carbocycles. The second kappa shape index (κ2) is 8.78. The van der Waals surface area contributed by atoms with Crippen LogP contribution in [0, 0.1) is 11.3 Å². The first-order valence-corrected chi connectivity index (χ1v) is 9.11. The Balaban J connectivity index is 1.95. The van der Waals surface area contributed by atoms with Gasteiger partial charge in [0.25, 0.3) is 5.91 Å². The number of carbonyl (C=O) groups excluding carboxylic acids is 1. The number of nitriles is 1. The fraction of sp³-hybridized carbons (Fsp3) is 0.182. The molecular formula is C22H21N5O. The number of anilines is 2. The van der Waals surface area contributed by atoms with E-state index in [1.54, 1.807) is 30.3 Å². The van der Waals surface area contributed by atoms with E-state index in [4.69, 9.17) is 5.26 Å². The van der Waals surface area contributed by atoms with E-state index in [-0.39, 0.29) is 17.6 Å². The fourth-order valence-electron chi connectivity index (χ4n) is 2.57. The maximum Gasteiger partial charge on any atom is 0.274 e. The highest BCUT2D eigenvalue weighted by Gasteiger charge is 2.14. The first kappa shape index (κ1) is 19.1. The fourth-order valence-corrected chi connectivity index (χ4v) is 2.57. The van der Waals surface area contributed by atoms with E-state index in [9.17, 15) is 4.79 Å². The van der Waals surface area contributed by atoms with Crippen LogP contribution in [-0.2, 0) is 0 Å². The quantitative estimate of drug-likeness (QED) is 0.667. The number of carbonyl (C=O) groups is 1. The van der Waals surface area contributed by atoms with Crippen LogP contribution in [0.15, 0.2) is 60.7 Å². The molecule has 6 heteroatoms. The molecule has 0 bridgehead atoms. The molecule has 0 fully saturated rings. The maximum atomic E-state index is 12.8. The van der Waals surface area contributed by atoms with E-state index in [2.05, 4.69) is 40.5 Å². The minimum absolute atomic E-state index is 0.210. The van der Waals surface area contributed by atoms with Crippen LogP contribution in [0.1, 0.15) is 36.3 Å². The Morgan fingerprint density at radius 1 is 1.11 bits per heavy atom. The molecule has 1 atom stereocenters. The molecule has 6 nitrogen and oxygen atoms in total. The number of nitrogens with one attached hydrogen (secondary N) is 2. The van der Waals surface area contributed by atoms with Crippen molar-refractivity contribution in [2.24, 2.45) is 0 Å². The van der Waals surface area contributed by atoms with Gasteiger partial charge in [-0.15, -0.1) is 0 Å². The van der Waals surface area contributed by atoms with Crippen molar-refractivity contribution in [3.8, 4) is 17.5 Å². The summed E-state index contributed by atoms with van der Waals surface area (Å²) in [6, 6.07) is 20.2. The van der Waals surface area contributed by atoms with E-state index in [1.807, 2.05) is 30.3 Å². The van der Waals surface area contributed by atoms with Crippen molar-refractivity contribution in [3.63, 3.8) is 0 Å². The SMILES string of the molecule is CCC(C)Nc1cc(C(=O)Nc2cccc(C#N)c2)nc(-c2ccccc2)n1. The summed E-state index contributed by atoms with van der Waals surface area (Å²) in [6.07, 6.45) is 0.924. The Bertz CT molecular complexity index is 1010. The predicted octanol–water partition coefficient (Wildman–Crippen LogP) is 4.48. The number of benzene rings is 2. The van der Waals surface area contributed by atoms with E-state index >= 15 is 0 Å². The zero-order valence-electron chi connectivity index (χ0n) is 15.8. The summed E-state index contributed by atoms with van der Waals surface area (Å²) in [5, 5.41) is 15.1. The van der Waals surface area contributed by atoms with Gasteiger partial charge in [-0.3, -0.25) is 4.79 Å². The zero-order chi connectivity index (χ0) is 19.9. The summed E-state index contributed by atoms with van der Waals surface area (Å²) in [4.78, 5) is 21.8. The Labute approximate surface area is 164 Å². The number of hydrogen-bond donors (Lipinski definition) is 2. The molecule has 0 saturated heterocycles. The van der Waals surface area contributed by atoms with Gasteiger partial charge in [-0.1, -0.05) is 43.3 Å². The second-order valence-electron chi connectivity index (χ2n) is 6.43. The lowest BCUT2D eigenvalue weighted by molar-refractivity contribution is 0.102. The third kappa shape index (κ3) is 4.71. The standard InChI is InChI=1S/C22H21N5O/c1-3-15(2)24-20-13-19(26-21(27-20)17-9-5-4-6-10-17)22(28)25-18-11-7-8-16(12-18)14-23/h4-13,15H,3H2,1-2H3,(H,25,28)(H,24,26,27). The van der Waals surface area contributed by atoms with Gasteiger partial charge in [-0.05, 0) is 31.5 Å². The Kier molecular flexibility index (Phi) is 5.97. The number of nitrogens with zero attached hydrogens (tertiary/aromatic N) is 3. The summed E-state index contributed by atoms with van der Waals surface area (Å²) < 4.78 is 0. The molecule has 2 aromatic carbocycles. The third-order valence-corrected chi connectivity index (χ3v) is 4.25. The van der Waals surface area contributed by atoms with Gasteiger partial charge < -0.3 is 10.6 Å². The molecule has 28 heavy (non-hydrogen) atoms. The van der Waals surface area contributed by atoms with Crippen molar-refractivity contribution in [3.05, 3.63) is 71.9 Å². The van der Waals surface area contributed by atoms with Crippen molar-refractivity contribution in [1.82, 2.24) is 9.97 Å². The topological polar surface area (TPSA) is 90.7 Å². The monoisotopic (exact) mass is 371 g/mol. The van der Waals surface area contributed by atoms with Crippen LogP contribution in [0.25, 0.3) is 11.4 Å². The molecule has 1 heterocycles. The van der Waals surface area contributed by atoms with Crippen LogP contribution >= 0.6 is 0 Å². The van der Waals surface area contributed by atoms with Gasteiger partial charge in [0.1, 0.15) is 11.5 Å². The highest BCUT2D eigenvalue weighted by atomic mass is 16.1.